The van der Waals surface area contributed by atoms with E-state index in [4.69, 9.17) is 9.84 Å². The summed E-state index contributed by atoms with van der Waals surface area (Å²) in [4.78, 5) is 12.6. The number of carboxylic acids is 1. The number of hydrogen-bond donors (Lipinski definition) is 2. The molecule has 0 aromatic heterocycles. The zero-order chi connectivity index (χ0) is 15.5. The Morgan fingerprint density at radius 3 is 2.52 bits per heavy atom. The predicted molar refractivity (Wildman–Crippen MR) is 76.1 cm³/mol. The number of carboxylic acid groups (broad SMARTS) is 1. The third kappa shape index (κ3) is 4.36. The summed E-state index contributed by atoms with van der Waals surface area (Å²) >= 11 is 0. The molecule has 0 atom stereocenters. The van der Waals surface area contributed by atoms with E-state index in [-0.39, 0.29) is 18.6 Å². The van der Waals surface area contributed by atoms with Crippen molar-refractivity contribution in [2.24, 2.45) is 0 Å². The summed E-state index contributed by atoms with van der Waals surface area (Å²) in [5.74, 6) is -0.853. The average Bonchev–Trinajstić information content (AvgIpc) is 2.41. The molecule has 0 aromatic carbocycles. The summed E-state index contributed by atoms with van der Waals surface area (Å²) in [6, 6.07) is 0.0363. The zero-order valence-electron chi connectivity index (χ0n) is 12.2. The van der Waals surface area contributed by atoms with Gasteiger partial charge in [-0.15, -0.1) is 0 Å². The van der Waals surface area contributed by atoms with Crippen molar-refractivity contribution in [2.75, 3.05) is 39.4 Å². The number of nitrogens with zero attached hydrogens (tertiary/aromatic N) is 2. The van der Waals surface area contributed by atoms with Crippen molar-refractivity contribution in [3.05, 3.63) is 0 Å². The van der Waals surface area contributed by atoms with Gasteiger partial charge in [0.2, 0.25) is 0 Å². The first-order chi connectivity index (χ1) is 9.92. The number of carbonyl (C=O) groups is 1. The number of morpholine rings is 1. The van der Waals surface area contributed by atoms with Gasteiger partial charge in [0, 0.05) is 25.2 Å². The molecular formula is C12H23N3O5S. The maximum atomic E-state index is 12.2. The Balaban J connectivity index is 1.80. The van der Waals surface area contributed by atoms with Crippen LogP contribution >= 0.6 is 0 Å². The molecule has 9 heteroatoms. The molecule has 21 heavy (non-hydrogen) atoms. The first kappa shape index (κ1) is 16.6. The Hall–Kier alpha value is -0.740. The molecule has 2 N–H and O–H groups in total. The number of likely N-dealkylation sites (N-methyl/N-ethyl adjacent to an activating group) is 1. The molecule has 1 aliphatic carbocycles. The number of nitrogens with one attached hydrogen (secondary N) is 1. The van der Waals surface area contributed by atoms with Crippen molar-refractivity contribution in [2.45, 2.75) is 31.8 Å². The molecule has 1 saturated heterocycles. The molecule has 122 valence electrons. The standard InChI is InChI=1S/C12H23N3O5S/c1-2-14(9-12(16)17)11-7-10(8-11)13-21(18,19)15-3-5-20-6-4-15/h10-11,13H,2-9H2,1H3,(H,16,17). The third-order valence-corrected chi connectivity index (χ3v) is 5.68. The Bertz CT molecular complexity index is 458. The first-order valence-electron chi connectivity index (χ1n) is 7.23. The normalized spacial score (nSPS) is 27.5. The van der Waals surface area contributed by atoms with E-state index in [9.17, 15) is 13.2 Å². The number of aliphatic carboxylic acids is 1. The van der Waals surface area contributed by atoms with Gasteiger partial charge in [-0.2, -0.15) is 17.4 Å². The van der Waals surface area contributed by atoms with Crippen LogP contribution in [-0.2, 0) is 19.7 Å². The van der Waals surface area contributed by atoms with E-state index in [2.05, 4.69) is 4.72 Å². The highest BCUT2D eigenvalue weighted by Gasteiger charge is 2.37. The molecule has 0 amide bonds. The van der Waals surface area contributed by atoms with E-state index in [0.29, 0.717) is 45.7 Å². The molecule has 1 saturated carbocycles. The van der Waals surface area contributed by atoms with Gasteiger partial charge >= 0.3 is 5.97 Å². The van der Waals surface area contributed by atoms with Gasteiger partial charge in [0.25, 0.3) is 10.2 Å². The van der Waals surface area contributed by atoms with Crippen LogP contribution in [0, 0.1) is 0 Å². The van der Waals surface area contributed by atoms with E-state index >= 15 is 0 Å². The number of ether oxygens (including phenoxy) is 1. The predicted octanol–water partition coefficient (Wildman–Crippen LogP) is -0.909. The average molecular weight is 321 g/mol. The second-order valence-electron chi connectivity index (χ2n) is 5.41. The van der Waals surface area contributed by atoms with Crippen molar-refractivity contribution in [3.63, 3.8) is 0 Å². The fourth-order valence-corrected chi connectivity index (χ4v) is 4.12. The summed E-state index contributed by atoms with van der Waals surface area (Å²) in [5, 5.41) is 8.83. The molecule has 0 unspecified atom stereocenters. The van der Waals surface area contributed by atoms with Gasteiger partial charge in [-0.3, -0.25) is 9.69 Å². The molecule has 2 rings (SSSR count). The zero-order valence-corrected chi connectivity index (χ0v) is 13.0. The van der Waals surface area contributed by atoms with Gasteiger partial charge in [-0.05, 0) is 19.4 Å². The molecule has 8 nitrogen and oxygen atoms in total. The van der Waals surface area contributed by atoms with Crippen molar-refractivity contribution >= 4 is 16.2 Å². The van der Waals surface area contributed by atoms with Crippen LogP contribution in [0.3, 0.4) is 0 Å². The van der Waals surface area contributed by atoms with E-state index in [1.165, 1.54) is 4.31 Å². The van der Waals surface area contributed by atoms with Crippen LogP contribution in [0.1, 0.15) is 19.8 Å². The lowest BCUT2D eigenvalue weighted by molar-refractivity contribution is -0.139. The SMILES string of the molecule is CCN(CC(=O)O)C1CC(NS(=O)(=O)N2CCOCC2)C1. The fourth-order valence-electron chi connectivity index (χ4n) is 2.73. The Kier molecular flexibility index (Phi) is 5.55. The number of hydrogen-bond acceptors (Lipinski definition) is 5. The summed E-state index contributed by atoms with van der Waals surface area (Å²) in [6.45, 7) is 4.18. The van der Waals surface area contributed by atoms with Crippen LogP contribution in [0.25, 0.3) is 0 Å². The minimum Gasteiger partial charge on any atom is -0.480 e. The molecule has 1 aliphatic heterocycles. The Labute approximate surface area is 125 Å². The van der Waals surface area contributed by atoms with Crippen molar-refractivity contribution in [1.82, 2.24) is 13.9 Å². The fraction of sp³-hybridized carbons (Fsp3) is 0.917. The van der Waals surface area contributed by atoms with Gasteiger partial charge in [-0.25, -0.2) is 0 Å². The molecule has 0 bridgehead atoms. The van der Waals surface area contributed by atoms with Crippen LogP contribution in [-0.4, -0.2) is 80.2 Å². The highest BCUT2D eigenvalue weighted by atomic mass is 32.2. The lowest BCUT2D eigenvalue weighted by Crippen LogP contribution is -2.57. The number of rotatable bonds is 7. The van der Waals surface area contributed by atoms with Gasteiger partial charge in [0.15, 0.2) is 0 Å². The Morgan fingerprint density at radius 2 is 2.00 bits per heavy atom. The van der Waals surface area contributed by atoms with Gasteiger partial charge in [0.05, 0.1) is 19.8 Å². The molecule has 2 fully saturated rings. The molecule has 0 spiro atoms. The van der Waals surface area contributed by atoms with E-state index < -0.39 is 16.2 Å². The first-order valence-corrected chi connectivity index (χ1v) is 8.67. The lowest BCUT2D eigenvalue weighted by Gasteiger charge is -2.42. The van der Waals surface area contributed by atoms with Crippen molar-refractivity contribution in [1.29, 1.82) is 0 Å². The lowest BCUT2D eigenvalue weighted by atomic mass is 9.86. The maximum absolute atomic E-state index is 12.2. The minimum atomic E-state index is -3.45. The quantitative estimate of drug-likeness (QED) is 0.630. The summed E-state index contributed by atoms with van der Waals surface area (Å²) in [6.07, 6.45) is 1.31. The highest BCUT2D eigenvalue weighted by Crippen LogP contribution is 2.26. The summed E-state index contributed by atoms with van der Waals surface area (Å²) in [7, 11) is -3.45. The van der Waals surface area contributed by atoms with Crippen LogP contribution in [0.15, 0.2) is 0 Å². The largest absolute Gasteiger partial charge is 0.480 e. The van der Waals surface area contributed by atoms with Crippen LogP contribution in [0.4, 0.5) is 0 Å². The van der Waals surface area contributed by atoms with Gasteiger partial charge in [-0.1, -0.05) is 6.92 Å². The highest BCUT2D eigenvalue weighted by molar-refractivity contribution is 7.87. The van der Waals surface area contributed by atoms with E-state index in [1.807, 2.05) is 11.8 Å². The van der Waals surface area contributed by atoms with Gasteiger partial charge < -0.3 is 9.84 Å². The van der Waals surface area contributed by atoms with Crippen LogP contribution < -0.4 is 4.72 Å². The topological polar surface area (TPSA) is 99.2 Å². The van der Waals surface area contributed by atoms with E-state index in [1.54, 1.807) is 0 Å². The molecule has 2 aliphatic rings. The van der Waals surface area contributed by atoms with Crippen LogP contribution in [0.2, 0.25) is 0 Å². The molecular weight excluding hydrogens is 298 g/mol. The molecule has 0 radical (unpaired) electrons. The summed E-state index contributed by atoms with van der Waals surface area (Å²) < 4.78 is 33.6. The minimum absolute atomic E-state index is 0.00407. The van der Waals surface area contributed by atoms with Crippen LogP contribution in [0.5, 0.6) is 0 Å². The van der Waals surface area contributed by atoms with Crippen molar-refractivity contribution in [3.8, 4) is 0 Å². The third-order valence-electron chi connectivity index (χ3n) is 4.00. The van der Waals surface area contributed by atoms with E-state index in [0.717, 1.165) is 0 Å². The smallest absolute Gasteiger partial charge is 0.317 e. The Morgan fingerprint density at radius 1 is 1.38 bits per heavy atom. The molecule has 0 aromatic rings. The second-order valence-corrected chi connectivity index (χ2v) is 7.12. The van der Waals surface area contributed by atoms with Gasteiger partial charge in [0.1, 0.15) is 0 Å². The maximum Gasteiger partial charge on any atom is 0.317 e. The second kappa shape index (κ2) is 7.01. The monoisotopic (exact) mass is 321 g/mol. The summed E-state index contributed by atoms with van der Waals surface area (Å²) in [5.41, 5.74) is 0. The van der Waals surface area contributed by atoms with Crippen molar-refractivity contribution < 1.29 is 23.1 Å². The molecule has 1 heterocycles.